The first-order chi connectivity index (χ1) is 6.24. The van der Waals surface area contributed by atoms with Crippen LogP contribution in [-0.2, 0) is 0 Å². The number of aromatic nitrogens is 2. The van der Waals surface area contributed by atoms with E-state index >= 15 is 0 Å². The molecule has 2 aromatic rings. The second kappa shape index (κ2) is 2.65. The lowest BCUT2D eigenvalue weighted by molar-refractivity contribution is 1.14. The minimum Gasteiger partial charge on any atom is -0.281 e. The summed E-state index contributed by atoms with van der Waals surface area (Å²) in [6.45, 7) is 3.74. The van der Waals surface area contributed by atoms with Crippen LogP contribution in [0.25, 0.3) is 5.65 Å². The molecule has 0 saturated carbocycles. The summed E-state index contributed by atoms with van der Waals surface area (Å²) in [5.41, 5.74) is 2.51. The quantitative estimate of drug-likeness (QED) is 0.624. The lowest BCUT2D eigenvalue weighted by Crippen LogP contribution is -1.85. The van der Waals surface area contributed by atoms with Crippen LogP contribution in [0.4, 0.5) is 5.82 Å². The molecule has 4 nitrogen and oxygen atoms in total. The number of fused-ring (bicyclic) bond motifs is 1. The summed E-state index contributed by atoms with van der Waals surface area (Å²) in [5.74, 6) is 0.388. The van der Waals surface area contributed by atoms with Crippen LogP contribution in [0, 0.1) is 18.8 Å². The predicted molar refractivity (Wildman–Crippen MR) is 50.1 cm³/mol. The molecule has 0 bridgehead atoms. The van der Waals surface area contributed by atoms with Crippen molar-refractivity contribution in [3.8, 4) is 0 Å². The van der Waals surface area contributed by atoms with Gasteiger partial charge in [0.1, 0.15) is 5.65 Å². The Balaban J connectivity index is 2.93. The maximum absolute atomic E-state index is 10.5. The summed E-state index contributed by atoms with van der Waals surface area (Å²) in [6.07, 6.45) is 1.79. The van der Waals surface area contributed by atoms with Gasteiger partial charge < -0.3 is 0 Å². The zero-order valence-electron chi connectivity index (χ0n) is 7.48. The van der Waals surface area contributed by atoms with Gasteiger partial charge in [-0.25, -0.2) is 4.98 Å². The van der Waals surface area contributed by atoms with Crippen molar-refractivity contribution in [1.82, 2.24) is 9.38 Å². The second-order valence-electron chi connectivity index (χ2n) is 3.00. The van der Waals surface area contributed by atoms with Gasteiger partial charge in [-0.2, -0.15) is 0 Å². The van der Waals surface area contributed by atoms with Crippen LogP contribution in [0.15, 0.2) is 23.5 Å². The van der Waals surface area contributed by atoms with E-state index in [1.54, 1.807) is 17.5 Å². The molecule has 0 saturated heterocycles. The van der Waals surface area contributed by atoms with Gasteiger partial charge in [0.2, 0.25) is 5.82 Å². The highest BCUT2D eigenvalue weighted by molar-refractivity contribution is 5.56. The molecule has 0 spiro atoms. The molecule has 66 valence electrons. The Bertz CT molecular complexity index is 473. The summed E-state index contributed by atoms with van der Waals surface area (Å²) in [6, 6.07) is 3.83. The van der Waals surface area contributed by atoms with Crippen molar-refractivity contribution in [3.05, 3.63) is 34.5 Å². The lowest BCUT2D eigenvalue weighted by Gasteiger charge is -1.95. The Hall–Kier alpha value is -1.71. The van der Waals surface area contributed by atoms with Crippen molar-refractivity contribution >= 4 is 11.5 Å². The van der Waals surface area contributed by atoms with Crippen LogP contribution in [0.2, 0.25) is 0 Å². The van der Waals surface area contributed by atoms with E-state index in [0.717, 1.165) is 11.2 Å². The molecule has 13 heavy (non-hydrogen) atoms. The molecule has 0 N–H and O–H groups in total. The SMILES string of the molecule is Cc1nc2c(C)cccn2c1N=O. The molecule has 0 aliphatic carbocycles. The number of pyridine rings is 1. The van der Waals surface area contributed by atoms with E-state index in [9.17, 15) is 4.91 Å². The third-order valence-electron chi connectivity index (χ3n) is 2.07. The summed E-state index contributed by atoms with van der Waals surface area (Å²) in [4.78, 5) is 14.8. The Morgan fingerprint density at radius 3 is 2.92 bits per heavy atom. The third kappa shape index (κ3) is 1.02. The molecule has 0 aromatic carbocycles. The summed E-state index contributed by atoms with van der Waals surface area (Å²) in [5, 5.41) is 2.95. The van der Waals surface area contributed by atoms with Gasteiger partial charge >= 0.3 is 0 Å². The largest absolute Gasteiger partial charge is 0.281 e. The zero-order chi connectivity index (χ0) is 9.42. The summed E-state index contributed by atoms with van der Waals surface area (Å²) < 4.78 is 1.71. The predicted octanol–water partition coefficient (Wildman–Crippen LogP) is 2.35. The van der Waals surface area contributed by atoms with E-state index in [2.05, 4.69) is 10.2 Å². The number of rotatable bonds is 1. The smallest absolute Gasteiger partial charge is 0.204 e. The maximum atomic E-state index is 10.5. The van der Waals surface area contributed by atoms with Crippen molar-refractivity contribution in [2.45, 2.75) is 13.8 Å². The summed E-state index contributed by atoms with van der Waals surface area (Å²) in [7, 11) is 0. The highest BCUT2D eigenvalue weighted by atomic mass is 16.3. The van der Waals surface area contributed by atoms with Gasteiger partial charge in [0.15, 0.2) is 0 Å². The van der Waals surface area contributed by atoms with E-state index in [4.69, 9.17) is 0 Å². The average Bonchev–Trinajstić information content (AvgIpc) is 2.43. The first-order valence-electron chi connectivity index (χ1n) is 4.01. The van der Waals surface area contributed by atoms with E-state index in [0.29, 0.717) is 11.5 Å². The first-order valence-corrected chi connectivity index (χ1v) is 4.01. The van der Waals surface area contributed by atoms with E-state index in [1.165, 1.54) is 0 Å². The number of hydrogen-bond acceptors (Lipinski definition) is 3. The summed E-state index contributed by atoms with van der Waals surface area (Å²) >= 11 is 0. The molecule has 0 atom stereocenters. The van der Waals surface area contributed by atoms with Gasteiger partial charge in [0, 0.05) is 6.20 Å². The van der Waals surface area contributed by atoms with Crippen molar-refractivity contribution < 1.29 is 0 Å². The van der Waals surface area contributed by atoms with Crippen LogP contribution < -0.4 is 0 Å². The van der Waals surface area contributed by atoms with Crippen LogP contribution in [0.5, 0.6) is 0 Å². The van der Waals surface area contributed by atoms with E-state index in [1.807, 2.05) is 19.1 Å². The van der Waals surface area contributed by atoms with Crippen molar-refractivity contribution in [3.63, 3.8) is 0 Å². The number of aryl methyl sites for hydroxylation is 2. The molecule has 4 heteroatoms. The minimum atomic E-state index is 0.388. The highest BCUT2D eigenvalue weighted by Gasteiger charge is 2.09. The molecule has 0 aliphatic heterocycles. The number of imidazole rings is 1. The third-order valence-corrected chi connectivity index (χ3v) is 2.07. The minimum absolute atomic E-state index is 0.388. The molecule has 2 aromatic heterocycles. The number of hydrogen-bond donors (Lipinski definition) is 0. The fourth-order valence-corrected chi connectivity index (χ4v) is 1.41. The van der Waals surface area contributed by atoms with Gasteiger partial charge in [-0.1, -0.05) is 6.07 Å². The van der Waals surface area contributed by atoms with E-state index < -0.39 is 0 Å². The normalized spacial score (nSPS) is 10.6. The van der Waals surface area contributed by atoms with Crippen LogP contribution in [-0.4, -0.2) is 9.38 Å². The van der Waals surface area contributed by atoms with Crippen LogP contribution >= 0.6 is 0 Å². The maximum Gasteiger partial charge on any atom is 0.204 e. The molecule has 0 aliphatic rings. The molecular weight excluding hydrogens is 166 g/mol. The topological polar surface area (TPSA) is 46.7 Å². The standard InChI is InChI=1S/C9H9N3O/c1-6-4-3-5-12-8(6)10-7(2)9(12)11-13/h3-5H,1-2H3. The zero-order valence-corrected chi connectivity index (χ0v) is 7.48. The van der Waals surface area contributed by atoms with Gasteiger partial charge in [-0.15, -0.1) is 4.91 Å². The number of nitroso groups, excluding NO2 is 1. The first kappa shape index (κ1) is 7.91. The van der Waals surface area contributed by atoms with Gasteiger partial charge in [-0.3, -0.25) is 4.40 Å². The van der Waals surface area contributed by atoms with Crippen molar-refractivity contribution in [2.75, 3.05) is 0 Å². The molecule has 0 amide bonds. The van der Waals surface area contributed by atoms with Gasteiger partial charge in [-0.05, 0) is 30.7 Å². The molecule has 2 heterocycles. The highest BCUT2D eigenvalue weighted by Crippen LogP contribution is 2.21. The lowest BCUT2D eigenvalue weighted by atomic mass is 10.3. The molecular formula is C9H9N3O. The Labute approximate surface area is 75.2 Å². The molecule has 2 rings (SSSR count). The fourth-order valence-electron chi connectivity index (χ4n) is 1.41. The Morgan fingerprint density at radius 1 is 1.46 bits per heavy atom. The van der Waals surface area contributed by atoms with Crippen LogP contribution in [0.3, 0.4) is 0 Å². The Kier molecular flexibility index (Phi) is 1.62. The Morgan fingerprint density at radius 2 is 2.23 bits per heavy atom. The average molecular weight is 175 g/mol. The van der Waals surface area contributed by atoms with Crippen molar-refractivity contribution in [1.29, 1.82) is 0 Å². The van der Waals surface area contributed by atoms with Gasteiger partial charge in [0.25, 0.3) is 0 Å². The monoisotopic (exact) mass is 175 g/mol. The van der Waals surface area contributed by atoms with Crippen LogP contribution in [0.1, 0.15) is 11.3 Å². The van der Waals surface area contributed by atoms with Gasteiger partial charge in [0.05, 0.1) is 5.69 Å². The van der Waals surface area contributed by atoms with Crippen molar-refractivity contribution in [2.24, 2.45) is 5.18 Å². The second-order valence-corrected chi connectivity index (χ2v) is 3.00. The molecule has 0 unspecified atom stereocenters. The fraction of sp³-hybridized carbons (Fsp3) is 0.222. The van der Waals surface area contributed by atoms with E-state index in [-0.39, 0.29) is 0 Å². The molecule has 0 fully saturated rings. The number of nitrogens with zero attached hydrogens (tertiary/aromatic N) is 3. The molecule has 0 radical (unpaired) electrons.